The maximum absolute atomic E-state index is 13.2. The van der Waals surface area contributed by atoms with Gasteiger partial charge in [0.05, 0.1) is 26.9 Å². The number of nitrogens with zero attached hydrogens (tertiary/aromatic N) is 1. The Labute approximate surface area is 190 Å². The highest BCUT2D eigenvalue weighted by atomic mass is 16.5. The van der Waals surface area contributed by atoms with Crippen LogP contribution < -0.4 is 19.1 Å². The van der Waals surface area contributed by atoms with E-state index >= 15 is 0 Å². The number of aryl methyl sites for hydroxylation is 1. The molecule has 170 valence electrons. The van der Waals surface area contributed by atoms with Crippen LogP contribution in [0.4, 0.5) is 5.69 Å². The Morgan fingerprint density at radius 1 is 0.939 bits per heavy atom. The van der Waals surface area contributed by atoms with E-state index in [-0.39, 0.29) is 11.3 Å². The van der Waals surface area contributed by atoms with Crippen LogP contribution in [-0.4, -0.2) is 38.1 Å². The molecule has 1 aliphatic rings. The third kappa shape index (κ3) is 3.80. The largest absolute Gasteiger partial charge is 0.507 e. The van der Waals surface area contributed by atoms with Gasteiger partial charge in [0, 0.05) is 17.3 Å². The van der Waals surface area contributed by atoms with Gasteiger partial charge in [0.1, 0.15) is 29.1 Å². The third-order valence-electron chi connectivity index (χ3n) is 5.46. The van der Waals surface area contributed by atoms with Crippen molar-refractivity contribution in [3.63, 3.8) is 0 Å². The number of hydrogen-bond acceptors (Lipinski definition) is 7. The molecule has 1 aromatic heterocycles. The first-order valence-electron chi connectivity index (χ1n) is 10.1. The van der Waals surface area contributed by atoms with E-state index in [0.29, 0.717) is 40.0 Å². The molecule has 1 unspecified atom stereocenters. The molecule has 1 amide bonds. The van der Waals surface area contributed by atoms with Crippen LogP contribution in [0.3, 0.4) is 0 Å². The third-order valence-corrected chi connectivity index (χ3v) is 5.46. The summed E-state index contributed by atoms with van der Waals surface area (Å²) in [6.45, 7) is 1.76. The fourth-order valence-corrected chi connectivity index (χ4v) is 3.87. The molecule has 1 fully saturated rings. The number of aliphatic hydroxyl groups excluding tert-OH is 1. The van der Waals surface area contributed by atoms with Gasteiger partial charge < -0.3 is 23.7 Å². The van der Waals surface area contributed by atoms with Crippen LogP contribution >= 0.6 is 0 Å². The second kappa shape index (κ2) is 8.74. The maximum atomic E-state index is 13.2. The Kier molecular flexibility index (Phi) is 5.83. The van der Waals surface area contributed by atoms with Crippen molar-refractivity contribution < 1.29 is 33.3 Å². The second-order valence-corrected chi connectivity index (χ2v) is 7.39. The number of rotatable bonds is 6. The Morgan fingerprint density at radius 2 is 1.70 bits per heavy atom. The van der Waals surface area contributed by atoms with Gasteiger partial charge in [-0.05, 0) is 49.4 Å². The fourth-order valence-electron chi connectivity index (χ4n) is 3.87. The van der Waals surface area contributed by atoms with Crippen LogP contribution in [0.25, 0.3) is 5.76 Å². The second-order valence-electron chi connectivity index (χ2n) is 7.39. The molecule has 2 aromatic carbocycles. The number of ketones is 1. The average Bonchev–Trinajstić information content (AvgIpc) is 3.38. The Balaban J connectivity index is 1.92. The lowest BCUT2D eigenvalue weighted by atomic mass is 9.99. The molecule has 3 aromatic rings. The molecule has 1 atom stereocenters. The molecule has 0 bridgehead atoms. The van der Waals surface area contributed by atoms with E-state index in [1.165, 1.54) is 32.3 Å². The van der Waals surface area contributed by atoms with Crippen LogP contribution in [0, 0.1) is 6.92 Å². The highest BCUT2D eigenvalue weighted by molar-refractivity contribution is 6.51. The lowest BCUT2D eigenvalue weighted by Gasteiger charge is -2.23. The molecule has 1 aliphatic heterocycles. The summed E-state index contributed by atoms with van der Waals surface area (Å²) in [5.74, 6) is 0.331. The zero-order valence-electron chi connectivity index (χ0n) is 18.6. The molecule has 8 heteroatoms. The molecule has 1 saturated heterocycles. The summed E-state index contributed by atoms with van der Waals surface area (Å²) in [6.07, 6.45) is 0. The summed E-state index contributed by atoms with van der Waals surface area (Å²) in [7, 11) is 4.48. The molecule has 2 heterocycles. The molecule has 0 aliphatic carbocycles. The summed E-state index contributed by atoms with van der Waals surface area (Å²) in [6, 6.07) is 14.0. The molecule has 33 heavy (non-hydrogen) atoms. The van der Waals surface area contributed by atoms with Gasteiger partial charge in [0.25, 0.3) is 11.7 Å². The van der Waals surface area contributed by atoms with Gasteiger partial charge in [-0.25, -0.2) is 0 Å². The van der Waals surface area contributed by atoms with Gasteiger partial charge in [-0.3, -0.25) is 14.5 Å². The minimum atomic E-state index is -0.973. The summed E-state index contributed by atoms with van der Waals surface area (Å²) in [5, 5.41) is 11.2. The van der Waals surface area contributed by atoms with E-state index in [1.54, 1.807) is 55.5 Å². The summed E-state index contributed by atoms with van der Waals surface area (Å²) >= 11 is 0. The number of ether oxygens (including phenoxy) is 3. The molecular formula is C25H23NO7. The molecule has 1 N–H and O–H groups in total. The van der Waals surface area contributed by atoms with Crippen molar-refractivity contribution in [3.05, 3.63) is 77.3 Å². The lowest BCUT2D eigenvalue weighted by molar-refractivity contribution is -0.132. The fraction of sp³-hybridized carbons (Fsp3) is 0.200. The lowest BCUT2D eigenvalue weighted by Crippen LogP contribution is -2.29. The van der Waals surface area contributed by atoms with Gasteiger partial charge in [0.2, 0.25) is 0 Å². The SMILES string of the molecule is COc1cccc(N2C(=O)C(=O)/C(=C(\O)c3ccc(OC)c(OC)c3)C2c2ccc(C)o2)c1. The van der Waals surface area contributed by atoms with E-state index in [1.807, 2.05) is 0 Å². The van der Waals surface area contributed by atoms with E-state index < -0.39 is 17.7 Å². The Bertz CT molecular complexity index is 1260. The van der Waals surface area contributed by atoms with Crippen LogP contribution in [-0.2, 0) is 9.59 Å². The first kappa shape index (κ1) is 22.0. The summed E-state index contributed by atoms with van der Waals surface area (Å²) < 4.78 is 21.6. The molecule has 0 radical (unpaired) electrons. The van der Waals surface area contributed by atoms with Gasteiger partial charge in [0.15, 0.2) is 11.5 Å². The van der Waals surface area contributed by atoms with E-state index in [9.17, 15) is 14.7 Å². The topological polar surface area (TPSA) is 98.4 Å². The molecule has 8 nitrogen and oxygen atoms in total. The Morgan fingerprint density at radius 3 is 2.33 bits per heavy atom. The number of Topliss-reactive ketones (excluding diaryl/α,β-unsaturated/α-hetero) is 1. The van der Waals surface area contributed by atoms with Crippen molar-refractivity contribution in [3.8, 4) is 17.2 Å². The van der Waals surface area contributed by atoms with E-state index in [4.69, 9.17) is 18.6 Å². The van der Waals surface area contributed by atoms with Crippen molar-refractivity contribution >= 4 is 23.1 Å². The quantitative estimate of drug-likeness (QED) is 0.341. The van der Waals surface area contributed by atoms with Crippen LogP contribution in [0.15, 0.2) is 64.6 Å². The Hall–Kier alpha value is -4.20. The number of carbonyl (C=O) groups excluding carboxylic acids is 2. The molecular weight excluding hydrogens is 426 g/mol. The number of methoxy groups -OCH3 is 3. The van der Waals surface area contributed by atoms with Crippen LogP contribution in [0.1, 0.15) is 23.1 Å². The summed E-state index contributed by atoms with van der Waals surface area (Å²) in [4.78, 5) is 27.7. The van der Waals surface area contributed by atoms with Crippen LogP contribution in [0.5, 0.6) is 17.2 Å². The van der Waals surface area contributed by atoms with Crippen molar-refractivity contribution in [1.29, 1.82) is 0 Å². The molecule has 0 spiro atoms. The monoisotopic (exact) mass is 449 g/mol. The van der Waals surface area contributed by atoms with Crippen molar-refractivity contribution in [2.75, 3.05) is 26.2 Å². The first-order chi connectivity index (χ1) is 15.9. The van der Waals surface area contributed by atoms with E-state index in [0.717, 1.165) is 0 Å². The van der Waals surface area contributed by atoms with Crippen molar-refractivity contribution in [2.24, 2.45) is 0 Å². The number of amides is 1. The highest BCUT2D eigenvalue weighted by Gasteiger charge is 2.48. The van der Waals surface area contributed by atoms with Gasteiger partial charge in [-0.15, -0.1) is 0 Å². The standard InChI is InChI=1S/C25H23NO7/c1-14-8-10-19(33-14)22-21(23(27)15-9-11-18(31-3)20(12-15)32-4)24(28)25(29)26(22)16-6-5-7-17(13-16)30-2/h5-13,22,27H,1-4H3/b23-21-. The summed E-state index contributed by atoms with van der Waals surface area (Å²) in [5.41, 5.74) is 0.635. The maximum Gasteiger partial charge on any atom is 0.300 e. The molecule has 0 saturated carbocycles. The van der Waals surface area contributed by atoms with E-state index in [2.05, 4.69) is 0 Å². The number of benzene rings is 2. The van der Waals surface area contributed by atoms with Crippen molar-refractivity contribution in [1.82, 2.24) is 0 Å². The normalized spacial score (nSPS) is 17.3. The minimum Gasteiger partial charge on any atom is -0.507 e. The number of anilines is 1. The zero-order chi connectivity index (χ0) is 23.7. The number of aliphatic hydroxyl groups is 1. The minimum absolute atomic E-state index is 0.0932. The number of furan rings is 1. The number of hydrogen-bond donors (Lipinski definition) is 1. The smallest absolute Gasteiger partial charge is 0.300 e. The van der Waals surface area contributed by atoms with Crippen LogP contribution in [0.2, 0.25) is 0 Å². The van der Waals surface area contributed by atoms with Gasteiger partial charge in [-0.2, -0.15) is 0 Å². The highest BCUT2D eigenvalue weighted by Crippen LogP contribution is 2.44. The average molecular weight is 449 g/mol. The first-order valence-corrected chi connectivity index (χ1v) is 10.1. The van der Waals surface area contributed by atoms with Crippen molar-refractivity contribution in [2.45, 2.75) is 13.0 Å². The zero-order valence-corrected chi connectivity index (χ0v) is 18.6. The van der Waals surface area contributed by atoms with Gasteiger partial charge in [-0.1, -0.05) is 6.07 Å². The predicted octanol–water partition coefficient (Wildman–Crippen LogP) is 4.24. The van der Waals surface area contributed by atoms with Gasteiger partial charge >= 0.3 is 0 Å². The number of carbonyl (C=O) groups is 2. The molecule has 4 rings (SSSR count). The predicted molar refractivity (Wildman–Crippen MR) is 121 cm³/mol.